The van der Waals surface area contributed by atoms with Crippen molar-refractivity contribution >= 4 is 18.5 Å². The van der Waals surface area contributed by atoms with Crippen LogP contribution >= 0.6 is 0 Å². The minimum absolute atomic E-state index is 0.0388. The molecule has 24 heavy (non-hydrogen) atoms. The summed E-state index contributed by atoms with van der Waals surface area (Å²) in [4.78, 5) is 11.9. The molecule has 1 aromatic carbocycles. The Labute approximate surface area is 143 Å². The molecule has 5 nitrogen and oxygen atoms in total. The molecule has 0 saturated carbocycles. The quantitative estimate of drug-likeness (QED) is 0.630. The van der Waals surface area contributed by atoms with E-state index in [9.17, 15) is 9.18 Å². The number of rotatable bonds is 6. The van der Waals surface area contributed by atoms with Crippen LogP contribution in [0.1, 0.15) is 33.3 Å². The molecule has 1 aliphatic heterocycles. The molecule has 1 aromatic rings. The number of ether oxygens (including phenoxy) is 1. The number of hydrogen-bond acceptors (Lipinski definition) is 4. The standard InChI is InChI=1S/C17H25BFNO4/c1-16(2)17(3,4)24-18(23-16)13-6-7-14(19)12(10-13)11-15(21)20-8-9-22-5/h6-7,10H,8-9,11H2,1-5H3,(H,20,21). The average Bonchev–Trinajstić information content (AvgIpc) is 2.70. The number of carbonyl (C=O) groups excluding carboxylic acids is 1. The van der Waals surface area contributed by atoms with E-state index >= 15 is 0 Å². The van der Waals surface area contributed by atoms with Gasteiger partial charge < -0.3 is 19.4 Å². The highest BCUT2D eigenvalue weighted by molar-refractivity contribution is 6.62. The molecule has 0 radical (unpaired) electrons. The highest BCUT2D eigenvalue weighted by Crippen LogP contribution is 2.36. The Morgan fingerprint density at radius 2 is 1.88 bits per heavy atom. The van der Waals surface area contributed by atoms with Crippen molar-refractivity contribution in [3.63, 3.8) is 0 Å². The Hall–Kier alpha value is -1.44. The third-order valence-electron chi connectivity index (χ3n) is 4.57. The lowest BCUT2D eigenvalue weighted by molar-refractivity contribution is -0.120. The van der Waals surface area contributed by atoms with Crippen LogP contribution in [0.25, 0.3) is 0 Å². The van der Waals surface area contributed by atoms with E-state index in [2.05, 4.69) is 5.32 Å². The molecule has 0 bridgehead atoms. The van der Waals surface area contributed by atoms with Crippen molar-refractivity contribution in [3.8, 4) is 0 Å². The maximum atomic E-state index is 14.0. The van der Waals surface area contributed by atoms with Gasteiger partial charge in [-0.25, -0.2) is 4.39 Å². The predicted molar refractivity (Wildman–Crippen MR) is 90.7 cm³/mol. The zero-order chi connectivity index (χ0) is 18.0. The first-order valence-corrected chi connectivity index (χ1v) is 8.06. The summed E-state index contributed by atoms with van der Waals surface area (Å²) in [6, 6.07) is 4.61. The molecule has 2 rings (SSSR count). The highest BCUT2D eigenvalue weighted by atomic mass is 19.1. The topological polar surface area (TPSA) is 56.8 Å². The summed E-state index contributed by atoms with van der Waals surface area (Å²) in [7, 11) is 0.978. The molecule has 0 spiro atoms. The Bertz CT molecular complexity index is 590. The van der Waals surface area contributed by atoms with Gasteiger partial charge in [0.2, 0.25) is 5.91 Å². The van der Waals surface area contributed by atoms with Gasteiger partial charge in [-0.15, -0.1) is 0 Å². The lowest BCUT2D eigenvalue weighted by atomic mass is 9.78. The van der Waals surface area contributed by atoms with Gasteiger partial charge in [-0.2, -0.15) is 0 Å². The summed E-state index contributed by atoms with van der Waals surface area (Å²) < 4.78 is 30.8. The van der Waals surface area contributed by atoms with E-state index in [0.29, 0.717) is 24.2 Å². The first-order chi connectivity index (χ1) is 11.2. The van der Waals surface area contributed by atoms with Crippen molar-refractivity contribution in [3.05, 3.63) is 29.6 Å². The summed E-state index contributed by atoms with van der Waals surface area (Å²) in [5.74, 6) is -0.672. The first-order valence-electron chi connectivity index (χ1n) is 8.06. The summed E-state index contributed by atoms with van der Waals surface area (Å²) in [5, 5.41) is 2.68. The molecule has 1 saturated heterocycles. The predicted octanol–water partition coefficient (Wildman–Crippen LogP) is 1.43. The second-order valence-electron chi connectivity index (χ2n) is 6.96. The number of benzene rings is 1. The average molecular weight is 337 g/mol. The molecule has 1 fully saturated rings. The largest absolute Gasteiger partial charge is 0.494 e. The minimum Gasteiger partial charge on any atom is -0.399 e. The van der Waals surface area contributed by atoms with Gasteiger partial charge in [0, 0.05) is 13.7 Å². The van der Waals surface area contributed by atoms with Crippen LogP contribution in [-0.4, -0.2) is 44.5 Å². The zero-order valence-electron chi connectivity index (χ0n) is 14.9. The molecule has 0 aromatic heterocycles. The van der Waals surface area contributed by atoms with Crippen molar-refractivity contribution in [2.75, 3.05) is 20.3 Å². The van der Waals surface area contributed by atoms with Crippen molar-refractivity contribution in [1.82, 2.24) is 5.32 Å². The number of halogens is 1. The van der Waals surface area contributed by atoms with Crippen molar-refractivity contribution in [2.24, 2.45) is 0 Å². The van der Waals surface area contributed by atoms with Gasteiger partial charge >= 0.3 is 7.12 Å². The van der Waals surface area contributed by atoms with Gasteiger partial charge in [0.15, 0.2) is 0 Å². The minimum atomic E-state index is -0.578. The lowest BCUT2D eigenvalue weighted by Crippen LogP contribution is -2.41. The van der Waals surface area contributed by atoms with Gasteiger partial charge in [0.05, 0.1) is 24.2 Å². The molecule has 1 amide bonds. The molecule has 7 heteroatoms. The number of carbonyl (C=O) groups is 1. The van der Waals surface area contributed by atoms with Gasteiger partial charge in [-0.05, 0) is 44.8 Å². The number of nitrogens with one attached hydrogen (secondary N) is 1. The SMILES string of the molecule is COCCNC(=O)Cc1cc(B2OC(C)(C)C(C)(C)O2)ccc1F. The van der Waals surface area contributed by atoms with Crippen LogP contribution in [0.2, 0.25) is 0 Å². The molecule has 1 aliphatic rings. The van der Waals surface area contributed by atoms with Crippen LogP contribution in [0.15, 0.2) is 18.2 Å². The maximum Gasteiger partial charge on any atom is 0.494 e. The number of hydrogen-bond donors (Lipinski definition) is 1. The van der Waals surface area contributed by atoms with E-state index in [0.717, 1.165) is 0 Å². The second kappa shape index (κ2) is 7.21. The van der Waals surface area contributed by atoms with Crippen molar-refractivity contribution in [1.29, 1.82) is 0 Å². The van der Waals surface area contributed by atoms with Crippen LogP contribution in [0.5, 0.6) is 0 Å². The molecule has 0 atom stereocenters. The number of amides is 1. The smallest absolute Gasteiger partial charge is 0.399 e. The highest BCUT2D eigenvalue weighted by Gasteiger charge is 2.51. The van der Waals surface area contributed by atoms with E-state index < -0.39 is 24.1 Å². The van der Waals surface area contributed by atoms with E-state index in [1.54, 1.807) is 19.2 Å². The first kappa shape index (κ1) is 18.9. The van der Waals surface area contributed by atoms with Crippen LogP contribution in [-0.2, 0) is 25.3 Å². The van der Waals surface area contributed by atoms with Gasteiger partial charge in [0.25, 0.3) is 0 Å². The van der Waals surface area contributed by atoms with Crippen molar-refractivity contribution < 1.29 is 23.2 Å². The summed E-state index contributed by atoms with van der Waals surface area (Å²) in [6.07, 6.45) is -0.0388. The Balaban J connectivity index is 2.10. The molecule has 0 unspecified atom stereocenters. The Morgan fingerprint density at radius 3 is 2.46 bits per heavy atom. The molecular weight excluding hydrogens is 312 g/mol. The van der Waals surface area contributed by atoms with Crippen LogP contribution in [0.3, 0.4) is 0 Å². The maximum absolute atomic E-state index is 14.0. The number of methoxy groups -OCH3 is 1. The summed E-state index contributed by atoms with van der Waals surface area (Å²) in [5.41, 5.74) is 0.0832. The lowest BCUT2D eigenvalue weighted by Gasteiger charge is -2.32. The van der Waals surface area contributed by atoms with E-state index in [1.807, 2.05) is 27.7 Å². The van der Waals surface area contributed by atoms with E-state index in [4.69, 9.17) is 14.0 Å². The fourth-order valence-electron chi connectivity index (χ4n) is 2.38. The Morgan fingerprint density at radius 1 is 1.25 bits per heavy atom. The van der Waals surface area contributed by atoms with Gasteiger partial charge in [-0.1, -0.05) is 12.1 Å². The molecule has 0 aliphatic carbocycles. The third-order valence-corrected chi connectivity index (χ3v) is 4.57. The third kappa shape index (κ3) is 4.15. The zero-order valence-corrected chi connectivity index (χ0v) is 14.9. The summed E-state index contributed by atoms with van der Waals surface area (Å²) >= 11 is 0. The summed E-state index contributed by atoms with van der Waals surface area (Å²) in [6.45, 7) is 8.65. The fourth-order valence-corrected chi connectivity index (χ4v) is 2.38. The van der Waals surface area contributed by atoms with Gasteiger partial charge in [-0.3, -0.25) is 4.79 Å². The van der Waals surface area contributed by atoms with Crippen LogP contribution < -0.4 is 10.8 Å². The molecular formula is C17H25BFNO4. The second-order valence-corrected chi connectivity index (χ2v) is 6.96. The van der Waals surface area contributed by atoms with Crippen LogP contribution in [0, 0.1) is 5.82 Å². The fraction of sp³-hybridized carbons (Fsp3) is 0.588. The normalized spacial score (nSPS) is 18.7. The van der Waals surface area contributed by atoms with E-state index in [1.165, 1.54) is 6.07 Å². The molecule has 1 N–H and O–H groups in total. The van der Waals surface area contributed by atoms with Gasteiger partial charge in [0.1, 0.15) is 5.82 Å². The molecule has 1 heterocycles. The van der Waals surface area contributed by atoms with E-state index in [-0.39, 0.29) is 12.3 Å². The monoisotopic (exact) mass is 337 g/mol. The van der Waals surface area contributed by atoms with Crippen LogP contribution in [0.4, 0.5) is 4.39 Å². The van der Waals surface area contributed by atoms with Crippen molar-refractivity contribution in [2.45, 2.75) is 45.3 Å². The molecule has 132 valence electrons. The Kier molecular flexibility index (Phi) is 5.68.